The summed E-state index contributed by atoms with van der Waals surface area (Å²) in [6.07, 6.45) is 0. The first kappa shape index (κ1) is 18.4. The van der Waals surface area contributed by atoms with Crippen LogP contribution in [0, 0.1) is 0 Å². The van der Waals surface area contributed by atoms with Crippen molar-refractivity contribution in [2.75, 3.05) is 36.5 Å². The number of morpholine rings is 1. The van der Waals surface area contributed by atoms with Gasteiger partial charge in [-0.15, -0.1) is 0 Å². The van der Waals surface area contributed by atoms with Gasteiger partial charge in [0.2, 0.25) is 0 Å². The van der Waals surface area contributed by atoms with E-state index in [1.807, 2.05) is 54.6 Å². The van der Waals surface area contributed by atoms with Crippen molar-refractivity contribution in [3.63, 3.8) is 0 Å². The van der Waals surface area contributed by atoms with E-state index in [-0.39, 0.29) is 5.78 Å². The first-order chi connectivity index (χ1) is 15.2. The topological polar surface area (TPSA) is 67.6 Å². The molecule has 1 fully saturated rings. The number of ketones is 1. The number of carbonyl (C=O) groups is 1. The summed E-state index contributed by atoms with van der Waals surface area (Å²) in [6, 6.07) is 16.9. The van der Waals surface area contributed by atoms with Crippen LogP contribution in [0.15, 0.2) is 59.1 Å². The van der Waals surface area contributed by atoms with Gasteiger partial charge in [-0.05, 0) is 30.3 Å². The van der Waals surface area contributed by atoms with Gasteiger partial charge < -0.3 is 19.5 Å². The molecule has 0 atom stereocenters. The lowest BCUT2D eigenvalue weighted by Crippen LogP contribution is -2.36. The Bertz CT molecular complexity index is 1320. The SMILES string of the molecule is O=C1c2ccccc2-c2onc3c(N4CCOCC4)cc(Nc4ccc(Cl)cc4)c1c23. The normalized spacial score (nSPS) is 15.3. The van der Waals surface area contributed by atoms with Crippen molar-refractivity contribution in [3.8, 4) is 11.3 Å². The Labute approximate surface area is 183 Å². The van der Waals surface area contributed by atoms with E-state index in [1.165, 1.54) is 0 Å². The van der Waals surface area contributed by atoms with Gasteiger partial charge in [-0.25, -0.2) is 0 Å². The number of nitrogens with one attached hydrogen (secondary N) is 1. The van der Waals surface area contributed by atoms with Gasteiger partial charge in [0.25, 0.3) is 0 Å². The number of hydrogen-bond acceptors (Lipinski definition) is 6. The molecule has 2 aliphatic rings. The van der Waals surface area contributed by atoms with Crippen LogP contribution in [-0.2, 0) is 4.74 Å². The number of benzene rings is 3. The summed E-state index contributed by atoms with van der Waals surface area (Å²) in [6.45, 7) is 2.80. The largest absolute Gasteiger partial charge is 0.378 e. The Kier molecular flexibility index (Phi) is 4.23. The molecular formula is C24H18ClN3O3. The predicted molar refractivity (Wildman–Crippen MR) is 121 cm³/mol. The molecule has 0 amide bonds. The van der Waals surface area contributed by atoms with Gasteiger partial charge in [-0.1, -0.05) is 41.0 Å². The third kappa shape index (κ3) is 2.91. The third-order valence-electron chi connectivity index (χ3n) is 5.85. The zero-order valence-electron chi connectivity index (χ0n) is 16.5. The van der Waals surface area contributed by atoms with Crippen molar-refractivity contribution < 1.29 is 14.1 Å². The van der Waals surface area contributed by atoms with Crippen LogP contribution < -0.4 is 10.2 Å². The van der Waals surface area contributed by atoms with Gasteiger partial charge in [-0.3, -0.25) is 4.79 Å². The van der Waals surface area contributed by atoms with Crippen LogP contribution in [0.1, 0.15) is 15.9 Å². The molecule has 6 rings (SSSR count). The number of hydrogen-bond donors (Lipinski definition) is 1. The number of aromatic nitrogens is 1. The fraction of sp³-hybridized carbons (Fsp3) is 0.167. The predicted octanol–water partition coefficient (Wildman–Crippen LogP) is 5.27. The fourth-order valence-corrected chi connectivity index (χ4v) is 4.50. The van der Waals surface area contributed by atoms with E-state index in [1.54, 1.807) is 0 Å². The summed E-state index contributed by atoms with van der Waals surface area (Å²) in [4.78, 5) is 15.8. The molecule has 1 N–H and O–H groups in total. The average molecular weight is 432 g/mol. The highest BCUT2D eigenvalue weighted by Crippen LogP contribution is 2.46. The Morgan fingerprint density at radius 2 is 1.74 bits per heavy atom. The molecule has 0 bridgehead atoms. The molecule has 0 spiro atoms. The maximum atomic E-state index is 13.6. The highest BCUT2D eigenvalue weighted by Gasteiger charge is 2.33. The molecule has 1 aliphatic heterocycles. The Morgan fingerprint density at radius 1 is 1.00 bits per heavy atom. The maximum absolute atomic E-state index is 13.6. The van der Waals surface area contributed by atoms with Crippen LogP contribution in [0.25, 0.3) is 22.2 Å². The molecule has 1 aromatic heterocycles. The maximum Gasteiger partial charge on any atom is 0.196 e. The molecule has 7 heteroatoms. The molecule has 31 heavy (non-hydrogen) atoms. The average Bonchev–Trinajstić information content (AvgIpc) is 3.25. The van der Waals surface area contributed by atoms with Gasteiger partial charge in [0.1, 0.15) is 5.52 Å². The van der Waals surface area contributed by atoms with Crippen LogP contribution in [0.5, 0.6) is 0 Å². The number of rotatable bonds is 3. The summed E-state index contributed by atoms with van der Waals surface area (Å²) in [5.74, 6) is 0.593. The molecule has 154 valence electrons. The number of ether oxygens (including phenoxy) is 1. The number of carbonyl (C=O) groups excluding carboxylic acids is 1. The highest BCUT2D eigenvalue weighted by molar-refractivity contribution is 6.30. The molecule has 2 heterocycles. The number of anilines is 3. The minimum absolute atomic E-state index is 0.0405. The first-order valence-electron chi connectivity index (χ1n) is 10.2. The Hall–Kier alpha value is -3.35. The first-order valence-corrected chi connectivity index (χ1v) is 10.5. The minimum atomic E-state index is -0.0405. The molecule has 3 aromatic carbocycles. The van der Waals surface area contributed by atoms with Gasteiger partial charge >= 0.3 is 0 Å². The van der Waals surface area contributed by atoms with Gasteiger partial charge in [0, 0.05) is 34.9 Å². The zero-order valence-corrected chi connectivity index (χ0v) is 17.3. The van der Waals surface area contributed by atoms with Gasteiger partial charge in [0.05, 0.1) is 35.5 Å². The van der Waals surface area contributed by atoms with Crippen LogP contribution in [-0.4, -0.2) is 37.2 Å². The molecule has 6 nitrogen and oxygen atoms in total. The second kappa shape index (κ2) is 7.11. The number of fused-ring (bicyclic) bond motifs is 2. The third-order valence-corrected chi connectivity index (χ3v) is 6.11. The van der Waals surface area contributed by atoms with Crippen molar-refractivity contribution in [1.82, 2.24) is 5.16 Å². The van der Waals surface area contributed by atoms with E-state index in [2.05, 4.69) is 15.4 Å². The van der Waals surface area contributed by atoms with E-state index < -0.39 is 0 Å². The van der Waals surface area contributed by atoms with Crippen LogP contribution in [0.2, 0.25) is 5.02 Å². The lowest BCUT2D eigenvalue weighted by atomic mass is 9.86. The second-order valence-electron chi connectivity index (χ2n) is 7.66. The van der Waals surface area contributed by atoms with E-state index >= 15 is 0 Å². The summed E-state index contributed by atoms with van der Waals surface area (Å²) < 4.78 is 11.3. The highest BCUT2D eigenvalue weighted by atomic mass is 35.5. The van der Waals surface area contributed by atoms with E-state index in [0.29, 0.717) is 40.6 Å². The van der Waals surface area contributed by atoms with E-state index in [9.17, 15) is 4.79 Å². The molecular weight excluding hydrogens is 414 g/mol. The fourth-order valence-electron chi connectivity index (χ4n) is 4.37. The van der Waals surface area contributed by atoms with Crippen LogP contribution in [0.3, 0.4) is 0 Å². The molecule has 4 aromatic rings. The number of nitrogens with zero attached hydrogens (tertiary/aromatic N) is 2. The molecule has 1 saturated heterocycles. The van der Waals surface area contributed by atoms with Crippen molar-refractivity contribution in [3.05, 3.63) is 70.7 Å². The molecule has 0 saturated carbocycles. The summed E-state index contributed by atoms with van der Waals surface area (Å²) in [5.41, 5.74) is 5.18. The Balaban J connectivity index is 1.61. The monoisotopic (exact) mass is 431 g/mol. The minimum Gasteiger partial charge on any atom is -0.378 e. The molecule has 1 aliphatic carbocycles. The quantitative estimate of drug-likeness (QED) is 0.419. The molecule has 0 unspecified atom stereocenters. The second-order valence-corrected chi connectivity index (χ2v) is 8.10. The Morgan fingerprint density at radius 3 is 2.52 bits per heavy atom. The van der Waals surface area contributed by atoms with Crippen molar-refractivity contribution in [2.24, 2.45) is 0 Å². The van der Waals surface area contributed by atoms with Crippen molar-refractivity contribution in [2.45, 2.75) is 0 Å². The van der Waals surface area contributed by atoms with E-state index in [0.717, 1.165) is 41.1 Å². The lowest BCUT2D eigenvalue weighted by Gasteiger charge is -2.30. The molecule has 0 radical (unpaired) electrons. The van der Waals surface area contributed by atoms with Crippen molar-refractivity contribution in [1.29, 1.82) is 0 Å². The van der Waals surface area contributed by atoms with Crippen LogP contribution >= 0.6 is 11.6 Å². The zero-order chi connectivity index (χ0) is 20.9. The summed E-state index contributed by atoms with van der Waals surface area (Å²) in [7, 11) is 0. The summed E-state index contributed by atoms with van der Waals surface area (Å²) in [5, 5.41) is 9.24. The van der Waals surface area contributed by atoms with Crippen LogP contribution in [0.4, 0.5) is 17.1 Å². The van der Waals surface area contributed by atoms with Gasteiger partial charge in [0.15, 0.2) is 11.5 Å². The van der Waals surface area contributed by atoms with E-state index in [4.69, 9.17) is 20.9 Å². The standard InChI is InChI=1S/C24H18ClN3O3/c25-14-5-7-15(8-6-14)26-18-13-19(28-9-11-30-12-10-28)22-21-20(18)23(29)16-3-1-2-4-17(16)24(21)31-27-22/h1-8,13,26H,9-12H2. The summed E-state index contributed by atoms with van der Waals surface area (Å²) >= 11 is 6.05. The lowest BCUT2D eigenvalue weighted by molar-refractivity contribution is 0.104. The van der Waals surface area contributed by atoms with Crippen molar-refractivity contribution >= 4 is 45.3 Å². The smallest absolute Gasteiger partial charge is 0.196 e. The number of halogens is 1. The van der Waals surface area contributed by atoms with Gasteiger partial charge in [-0.2, -0.15) is 0 Å².